The summed E-state index contributed by atoms with van der Waals surface area (Å²) in [6.07, 6.45) is 1.45. The van der Waals surface area contributed by atoms with Gasteiger partial charge in [-0.2, -0.15) is 5.26 Å². The molecule has 0 amide bonds. The van der Waals surface area contributed by atoms with Crippen molar-refractivity contribution >= 4 is 5.78 Å². The standard InChI is InChI=1S/C15H13NO3/c1-10-13(6-7-19-10)15(17)14(9-16)11-4-3-5-12(8-11)18-2/h3-8,14H,1-2H3. The Morgan fingerprint density at radius 3 is 2.79 bits per heavy atom. The first-order chi connectivity index (χ1) is 9.17. The maximum Gasteiger partial charge on any atom is 0.187 e. The van der Waals surface area contributed by atoms with Gasteiger partial charge in [0.2, 0.25) is 0 Å². The van der Waals surface area contributed by atoms with Crippen LogP contribution in [-0.2, 0) is 0 Å². The molecule has 96 valence electrons. The van der Waals surface area contributed by atoms with Gasteiger partial charge in [0, 0.05) is 0 Å². The zero-order chi connectivity index (χ0) is 13.8. The highest BCUT2D eigenvalue weighted by Gasteiger charge is 2.24. The summed E-state index contributed by atoms with van der Waals surface area (Å²) in [5.74, 6) is 0.0241. The molecule has 0 saturated carbocycles. The number of carbonyl (C=O) groups is 1. The fraction of sp³-hybridized carbons (Fsp3) is 0.200. The number of aryl methyl sites for hydroxylation is 1. The van der Waals surface area contributed by atoms with Crippen molar-refractivity contribution in [2.24, 2.45) is 0 Å². The van der Waals surface area contributed by atoms with Crippen molar-refractivity contribution in [2.75, 3.05) is 7.11 Å². The molecule has 2 aromatic rings. The van der Waals surface area contributed by atoms with Gasteiger partial charge < -0.3 is 9.15 Å². The minimum atomic E-state index is -0.855. The molecule has 2 rings (SSSR count). The van der Waals surface area contributed by atoms with Gasteiger partial charge in [-0.3, -0.25) is 4.79 Å². The first kappa shape index (κ1) is 12.9. The lowest BCUT2D eigenvalue weighted by Gasteiger charge is -2.09. The van der Waals surface area contributed by atoms with Crippen LogP contribution in [0.2, 0.25) is 0 Å². The first-order valence-corrected chi connectivity index (χ1v) is 5.79. The Morgan fingerprint density at radius 1 is 1.42 bits per heavy atom. The van der Waals surface area contributed by atoms with Crippen LogP contribution in [0, 0.1) is 18.3 Å². The Morgan fingerprint density at radius 2 is 2.21 bits per heavy atom. The highest BCUT2D eigenvalue weighted by atomic mass is 16.5. The molecule has 0 N–H and O–H groups in total. The van der Waals surface area contributed by atoms with E-state index in [1.807, 2.05) is 6.07 Å². The molecule has 1 aromatic carbocycles. The lowest BCUT2D eigenvalue weighted by Crippen LogP contribution is -2.11. The van der Waals surface area contributed by atoms with Gasteiger partial charge in [0.25, 0.3) is 0 Å². The molecule has 0 fully saturated rings. The van der Waals surface area contributed by atoms with Crippen molar-refractivity contribution in [2.45, 2.75) is 12.8 Å². The van der Waals surface area contributed by atoms with Crippen LogP contribution in [0.1, 0.15) is 27.6 Å². The van der Waals surface area contributed by atoms with Gasteiger partial charge in [-0.05, 0) is 30.7 Å². The van der Waals surface area contributed by atoms with Crippen LogP contribution in [-0.4, -0.2) is 12.9 Å². The highest BCUT2D eigenvalue weighted by molar-refractivity contribution is 6.03. The van der Waals surface area contributed by atoms with Gasteiger partial charge in [-0.15, -0.1) is 0 Å². The van der Waals surface area contributed by atoms with Gasteiger partial charge >= 0.3 is 0 Å². The molecule has 1 aromatic heterocycles. The van der Waals surface area contributed by atoms with Crippen molar-refractivity contribution in [3.05, 3.63) is 53.5 Å². The summed E-state index contributed by atoms with van der Waals surface area (Å²) in [7, 11) is 1.54. The number of hydrogen-bond donors (Lipinski definition) is 0. The molecule has 1 heterocycles. The number of ether oxygens (including phenoxy) is 1. The maximum absolute atomic E-state index is 12.3. The molecule has 1 atom stereocenters. The molecule has 0 spiro atoms. The molecule has 0 aliphatic carbocycles. The molecule has 1 unspecified atom stereocenters. The van der Waals surface area contributed by atoms with Gasteiger partial charge in [-0.1, -0.05) is 12.1 Å². The Balaban J connectivity index is 2.38. The SMILES string of the molecule is COc1cccc(C(C#N)C(=O)c2ccoc2C)c1. The minimum Gasteiger partial charge on any atom is -0.497 e. The van der Waals surface area contributed by atoms with E-state index in [1.54, 1.807) is 44.4 Å². The van der Waals surface area contributed by atoms with Crippen LogP contribution in [0.15, 0.2) is 41.0 Å². The lowest BCUT2D eigenvalue weighted by atomic mass is 9.92. The molecule has 0 bridgehead atoms. The Kier molecular flexibility index (Phi) is 3.67. The van der Waals surface area contributed by atoms with E-state index < -0.39 is 5.92 Å². The first-order valence-electron chi connectivity index (χ1n) is 5.79. The van der Waals surface area contributed by atoms with Crippen molar-refractivity contribution in [1.82, 2.24) is 0 Å². The third-order valence-electron chi connectivity index (χ3n) is 2.94. The molecule has 0 aliphatic rings. The van der Waals surface area contributed by atoms with Crippen molar-refractivity contribution in [3.63, 3.8) is 0 Å². The van der Waals surface area contributed by atoms with E-state index in [9.17, 15) is 10.1 Å². The van der Waals surface area contributed by atoms with Crippen molar-refractivity contribution in [1.29, 1.82) is 5.26 Å². The van der Waals surface area contributed by atoms with Crippen LogP contribution in [0.4, 0.5) is 0 Å². The average Bonchev–Trinajstić information content (AvgIpc) is 2.86. The summed E-state index contributed by atoms with van der Waals surface area (Å²) in [5, 5.41) is 9.26. The van der Waals surface area contributed by atoms with Crippen LogP contribution in [0.5, 0.6) is 5.75 Å². The normalized spacial score (nSPS) is 11.6. The topological polar surface area (TPSA) is 63.2 Å². The van der Waals surface area contributed by atoms with Crippen LogP contribution >= 0.6 is 0 Å². The highest BCUT2D eigenvalue weighted by Crippen LogP contribution is 2.25. The summed E-state index contributed by atoms with van der Waals surface area (Å²) in [5.41, 5.74) is 1.06. The van der Waals surface area contributed by atoms with E-state index in [1.165, 1.54) is 6.26 Å². The van der Waals surface area contributed by atoms with E-state index in [0.717, 1.165) is 0 Å². The molecule has 19 heavy (non-hydrogen) atoms. The van der Waals surface area contributed by atoms with E-state index in [2.05, 4.69) is 0 Å². The number of furan rings is 1. The van der Waals surface area contributed by atoms with Gasteiger partial charge in [0.1, 0.15) is 17.4 Å². The third kappa shape index (κ3) is 2.50. The number of nitrogens with zero attached hydrogens (tertiary/aromatic N) is 1. The van der Waals surface area contributed by atoms with Crippen LogP contribution in [0.3, 0.4) is 0 Å². The number of ketones is 1. The van der Waals surface area contributed by atoms with Gasteiger partial charge in [0.15, 0.2) is 5.78 Å². The molecule has 0 saturated heterocycles. The molecule has 0 radical (unpaired) electrons. The van der Waals surface area contributed by atoms with Crippen molar-refractivity contribution < 1.29 is 13.9 Å². The zero-order valence-corrected chi connectivity index (χ0v) is 10.7. The quantitative estimate of drug-likeness (QED) is 0.787. The molecule has 4 nitrogen and oxygen atoms in total. The lowest BCUT2D eigenvalue weighted by molar-refractivity contribution is 0.0977. The monoisotopic (exact) mass is 255 g/mol. The summed E-state index contributed by atoms with van der Waals surface area (Å²) in [6.45, 7) is 1.70. The Bertz CT molecular complexity index is 637. The molecular formula is C15H13NO3. The van der Waals surface area contributed by atoms with Crippen LogP contribution in [0.25, 0.3) is 0 Å². The molecular weight excluding hydrogens is 242 g/mol. The number of benzene rings is 1. The second-order valence-corrected chi connectivity index (χ2v) is 4.09. The third-order valence-corrected chi connectivity index (χ3v) is 2.94. The average molecular weight is 255 g/mol. The van der Waals surface area contributed by atoms with E-state index in [-0.39, 0.29) is 5.78 Å². The molecule has 4 heteroatoms. The Labute approximate surface area is 111 Å². The minimum absolute atomic E-state index is 0.262. The molecule has 0 aliphatic heterocycles. The van der Waals surface area contributed by atoms with E-state index >= 15 is 0 Å². The number of Topliss-reactive ketones (excluding diaryl/α,β-unsaturated/α-hetero) is 1. The van der Waals surface area contributed by atoms with Crippen molar-refractivity contribution in [3.8, 4) is 11.8 Å². The Hall–Kier alpha value is -2.54. The largest absolute Gasteiger partial charge is 0.497 e. The number of nitriles is 1. The zero-order valence-electron chi connectivity index (χ0n) is 10.7. The predicted molar refractivity (Wildman–Crippen MR) is 69.1 cm³/mol. The number of rotatable bonds is 4. The number of hydrogen-bond acceptors (Lipinski definition) is 4. The fourth-order valence-electron chi connectivity index (χ4n) is 1.90. The predicted octanol–water partition coefficient (Wildman–Crippen LogP) is 3.09. The van der Waals surface area contributed by atoms with Crippen LogP contribution < -0.4 is 4.74 Å². The summed E-state index contributed by atoms with van der Waals surface area (Å²) >= 11 is 0. The number of methoxy groups -OCH3 is 1. The smallest absolute Gasteiger partial charge is 0.187 e. The van der Waals surface area contributed by atoms with E-state index in [4.69, 9.17) is 9.15 Å². The summed E-state index contributed by atoms with van der Waals surface area (Å²) < 4.78 is 10.2. The summed E-state index contributed by atoms with van der Waals surface area (Å²) in [4.78, 5) is 12.3. The fourth-order valence-corrected chi connectivity index (χ4v) is 1.90. The van der Waals surface area contributed by atoms with Gasteiger partial charge in [-0.25, -0.2) is 0 Å². The maximum atomic E-state index is 12.3. The second-order valence-electron chi connectivity index (χ2n) is 4.09. The number of carbonyl (C=O) groups excluding carboxylic acids is 1. The second kappa shape index (κ2) is 5.40. The van der Waals surface area contributed by atoms with Gasteiger partial charge in [0.05, 0.1) is 25.0 Å². The summed E-state index contributed by atoms with van der Waals surface area (Å²) in [6, 6.07) is 10.6. The van der Waals surface area contributed by atoms with E-state index in [0.29, 0.717) is 22.6 Å².